The first-order chi connectivity index (χ1) is 10.1. The lowest BCUT2D eigenvalue weighted by Gasteiger charge is -2.25. The molecule has 5 nitrogen and oxygen atoms in total. The average Bonchev–Trinajstić information content (AvgIpc) is 2.53. The fraction of sp³-hybridized carbons (Fsp3) is 0.133. The number of hydrogen-bond acceptors (Lipinski definition) is 3. The van der Waals surface area contributed by atoms with Crippen molar-refractivity contribution >= 4 is 16.3 Å². The zero-order chi connectivity index (χ0) is 15.2. The normalized spacial score (nSPS) is 15.0. The smallest absolute Gasteiger partial charge is 0.334 e. The highest BCUT2D eigenvalue weighted by Gasteiger charge is 2.24. The van der Waals surface area contributed by atoms with Crippen LogP contribution in [0.15, 0.2) is 60.7 Å². The molecule has 2 aromatic carbocycles. The lowest BCUT2D eigenvalue weighted by molar-refractivity contribution is 0.252. The van der Waals surface area contributed by atoms with Crippen LogP contribution >= 0.6 is 0 Å². The minimum Gasteiger partial charge on any atom is -0.334 e. The number of hydrogen-bond donors (Lipinski definition) is 3. The summed E-state index contributed by atoms with van der Waals surface area (Å²) < 4.78 is 19.8. The fourth-order valence-electron chi connectivity index (χ4n) is 2.09. The van der Waals surface area contributed by atoms with Gasteiger partial charge in [-0.25, -0.2) is 4.21 Å². The molecule has 0 saturated carbocycles. The van der Waals surface area contributed by atoms with E-state index in [1.165, 1.54) is 0 Å². The second-order valence-corrected chi connectivity index (χ2v) is 5.37. The summed E-state index contributed by atoms with van der Waals surface area (Å²) in [6, 6.07) is 17.3. The summed E-state index contributed by atoms with van der Waals surface area (Å²) in [4.78, 5) is 11.5. The second-order valence-electron chi connectivity index (χ2n) is 4.51. The Labute approximate surface area is 125 Å². The van der Waals surface area contributed by atoms with Gasteiger partial charge in [-0.1, -0.05) is 60.7 Å². The van der Waals surface area contributed by atoms with Gasteiger partial charge < -0.3 is 11.1 Å². The Morgan fingerprint density at radius 2 is 1.48 bits per heavy atom. The summed E-state index contributed by atoms with van der Waals surface area (Å²) in [7, 11) is 0. The van der Waals surface area contributed by atoms with Crippen molar-refractivity contribution in [1.82, 2.24) is 5.32 Å². The van der Waals surface area contributed by atoms with Crippen LogP contribution in [0.1, 0.15) is 23.2 Å². The summed E-state index contributed by atoms with van der Waals surface area (Å²) >= 11 is -2.58. The van der Waals surface area contributed by atoms with Crippen LogP contribution in [0.25, 0.3) is 0 Å². The number of benzene rings is 2. The molecule has 0 aliphatic rings. The molecule has 0 radical (unpaired) electrons. The Bertz CT molecular complexity index is 619. The van der Waals surface area contributed by atoms with Crippen molar-refractivity contribution in [2.75, 3.05) is 0 Å². The Morgan fingerprint density at radius 3 is 1.95 bits per heavy atom. The van der Waals surface area contributed by atoms with E-state index in [9.17, 15) is 9.00 Å². The van der Waals surface area contributed by atoms with E-state index in [-0.39, 0.29) is 0 Å². The number of nitrogens with one attached hydrogen (secondary N) is 1. The van der Waals surface area contributed by atoms with E-state index < -0.39 is 28.4 Å². The first-order valence-electron chi connectivity index (χ1n) is 6.36. The van der Waals surface area contributed by atoms with Gasteiger partial charge >= 0.3 is 5.24 Å². The molecule has 0 bridgehead atoms. The highest BCUT2D eigenvalue weighted by molar-refractivity contribution is 7.95. The van der Waals surface area contributed by atoms with Crippen molar-refractivity contribution in [2.24, 2.45) is 5.73 Å². The van der Waals surface area contributed by atoms with Crippen molar-refractivity contribution in [3.63, 3.8) is 0 Å². The van der Waals surface area contributed by atoms with Crippen LogP contribution in [-0.4, -0.2) is 14.0 Å². The van der Waals surface area contributed by atoms with Crippen molar-refractivity contribution < 1.29 is 13.6 Å². The highest BCUT2D eigenvalue weighted by atomic mass is 32.2. The molecule has 21 heavy (non-hydrogen) atoms. The summed E-state index contributed by atoms with van der Waals surface area (Å²) in [6.45, 7) is 0. The molecule has 0 aliphatic heterocycles. The van der Waals surface area contributed by atoms with Gasteiger partial charge in [0.15, 0.2) is 0 Å². The van der Waals surface area contributed by atoms with Gasteiger partial charge in [0.1, 0.15) is 0 Å². The number of nitrogens with two attached hydrogens (primary N) is 1. The van der Waals surface area contributed by atoms with Gasteiger partial charge in [-0.05, 0) is 11.1 Å². The van der Waals surface area contributed by atoms with Crippen molar-refractivity contribution in [1.29, 1.82) is 0 Å². The zero-order valence-corrected chi connectivity index (χ0v) is 12.0. The molecule has 2 rings (SSSR count). The van der Waals surface area contributed by atoms with Crippen LogP contribution < -0.4 is 11.1 Å². The molecule has 3 atom stereocenters. The largest absolute Gasteiger partial charge is 0.336 e. The van der Waals surface area contributed by atoms with Crippen LogP contribution in [-0.2, 0) is 11.1 Å². The Hall–Kier alpha value is -2.02. The molecule has 0 spiro atoms. The van der Waals surface area contributed by atoms with E-state index in [4.69, 9.17) is 10.3 Å². The quantitative estimate of drug-likeness (QED) is 0.756. The molecular weight excluding hydrogens is 288 g/mol. The molecule has 0 aliphatic carbocycles. The number of amides is 1. The summed E-state index contributed by atoms with van der Waals surface area (Å²) in [5.74, 6) is 0. The van der Waals surface area contributed by atoms with Gasteiger partial charge in [0.2, 0.25) is 11.1 Å². The van der Waals surface area contributed by atoms with Gasteiger partial charge in [0.25, 0.3) is 0 Å². The molecule has 0 fully saturated rings. The average molecular weight is 304 g/mol. The van der Waals surface area contributed by atoms with Gasteiger partial charge in [-0.15, -0.1) is 0 Å². The first kappa shape index (κ1) is 15.4. The van der Waals surface area contributed by atoms with E-state index in [1.807, 2.05) is 60.7 Å². The second kappa shape index (κ2) is 7.12. The third-order valence-corrected chi connectivity index (χ3v) is 3.57. The van der Waals surface area contributed by atoms with Gasteiger partial charge in [-0.2, -0.15) is 0 Å². The topological polar surface area (TPSA) is 92.4 Å². The van der Waals surface area contributed by atoms with Crippen LogP contribution in [0.4, 0.5) is 4.79 Å². The summed E-state index contributed by atoms with van der Waals surface area (Å²) in [6.07, 6.45) is 0. The number of rotatable bonds is 4. The predicted molar refractivity (Wildman–Crippen MR) is 81.9 cm³/mol. The molecule has 1 unspecified atom stereocenters. The lowest BCUT2D eigenvalue weighted by atomic mass is 9.94. The highest BCUT2D eigenvalue weighted by Crippen LogP contribution is 2.26. The number of carbonyl (C=O) groups excluding carboxylic acids is 1. The van der Waals surface area contributed by atoms with E-state index >= 15 is 0 Å². The predicted octanol–water partition coefficient (Wildman–Crippen LogP) is 2.36. The van der Waals surface area contributed by atoms with Gasteiger partial charge in [-0.3, -0.25) is 9.35 Å². The van der Waals surface area contributed by atoms with Crippen LogP contribution in [0.5, 0.6) is 0 Å². The molecule has 0 aromatic heterocycles. The maximum Gasteiger partial charge on any atom is 0.336 e. The minimum absolute atomic E-state index is 0.527. The number of carbonyl (C=O) groups is 1. The maximum atomic E-state index is 11.5. The molecule has 0 heterocycles. The van der Waals surface area contributed by atoms with E-state index in [0.717, 1.165) is 11.1 Å². The van der Waals surface area contributed by atoms with Crippen LogP contribution in [0.2, 0.25) is 0 Å². The molecule has 6 heteroatoms. The van der Waals surface area contributed by atoms with Crippen molar-refractivity contribution in [3.8, 4) is 0 Å². The van der Waals surface area contributed by atoms with Gasteiger partial charge in [0.05, 0.1) is 12.1 Å². The molecule has 2 aromatic rings. The summed E-state index contributed by atoms with van der Waals surface area (Å²) in [5, 5.41) is 1.55. The Balaban J connectivity index is 2.32. The Morgan fingerprint density at radius 1 is 1.00 bits per heavy atom. The van der Waals surface area contributed by atoms with E-state index in [0.29, 0.717) is 0 Å². The molecule has 110 valence electrons. The maximum absolute atomic E-state index is 11.5. The third-order valence-electron chi connectivity index (χ3n) is 3.13. The minimum atomic E-state index is -2.58. The third kappa shape index (κ3) is 3.98. The molecule has 0 saturated heterocycles. The molecular formula is C15H16N2O3S. The monoisotopic (exact) mass is 304 g/mol. The fourth-order valence-corrected chi connectivity index (χ4v) is 2.31. The van der Waals surface area contributed by atoms with Crippen LogP contribution in [0, 0.1) is 0 Å². The van der Waals surface area contributed by atoms with Crippen molar-refractivity contribution in [2.45, 2.75) is 12.1 Å². The lowest BCUT2D eigenvalue weighted by Crippen LogP contribution is -2.36. The van der Waals surface area contributed by atoms with Crippen molar-refractivity contribution in [3.05, 3.63) is 71.8 Å². The Kier molecular flexibility index (Phi) is 5.21. The van der Waals surface area contributed by atoms with Crippen LogP contribution in [0.3, 0.4) is 0 Å². The van der Waals surface area contributed by atoms with E-state index in [1.54, 1.807) is 0 Å². The zero-order valence-electron chi connectivity index (χ0n) is 11.2. The SMILES string of the molecule is N[C@H](c1ccccc1)[C@H](NC(=O)S(=O)O)c1ccccc1. The summed E-state index contributed by atoms with van der Waals surface area (Å²) in [5.41, 5.74) is 7.82. The first-order valence-corrected chi connectivity index (χ1v) is 7.47. The van der Waals surface area contributed by atoms with E-state index in [2.05, 4.69) is 5.32 Å². The van der Waals surface area contributed by atoms with Gasteiger partial charge in [0, 0.05) is 0 Å². The molecule has 4 N–H and O–H groups in total. The molecule has 1 amide bonds. The standard InChI is InChI=1S/C15H16N2O3S/c16-13(11-7-3-1-4-8-11)14(17-15(18)21(19)20)12-9-5-2-6-10-12/h1-10,13-14H,16H2,(H,17,18)(H,19,20)/t13-,14-/m1/s1.